The maximum absolute atomic E-state index is 3.06. The van der Waals surface area contributed by atoms with Gasteiger partial charge in [-0.1, -0.05) is 136 Å². The first-order valence-electron chi connectivity index (χ1n) is 15.6. The number of hydrogen-bond acceptors (Lipinski definition) is 0. The van der Waals surface area contributed by atoms with Gasteiger partial charge < -0.3 is 14.9 Å². The number of fused-ring (bicyclic) bond motifs is 4. The van der Waals surface area contributed by atoms with E-state index in [9.17, 15) is 0 Å². The summed E-state index contributed by atoms with van der Waals surface area (Å²) in [5.74, 6) is 0. The Morgan fingerprint density at radius 3 is 1.39 bits per heavy atom. The van der Waals surface area contributed by atoms with Crippen molar-refractivity contribution < 1.29 is 23.3 Å². The second-order valence-electron chi connectivity index (χ2n) is 11.8. The van der Waals surface area contributed by atoms with Crippen LogP contribution in [0.1, 0.15) is 29.2 Å². The molecule has 0 amide bonds. The molecule has 0 nitrogen and oxygen atoms in total. The molecule has 0 N–H and O–H groups in total. The number of hydrogen-bond donors (Lipinski definition) is 0. The maximum atomic E-state index is 3.06. The topological polar surface area (TPSA) is 0 Å². The van der Waals surface area contributed by atoms with Gasteiger partial charge in [-0.3, -0.25) is 0 Å². The Labute approximate surface area is 322 Å². The first kappa shape index (κ1) is 41.9. The summed E-state index contributed by atoms with van der Waals surface area (Å²) < 4.78 is 0. The van der Waals surface area contributed by atoms with Crippen LogP contribution in [0, 0.1) is 35.6 Å². The summed E-state index contributed by atoms with van der Waals surface area (Å²) >= 11 is 1.36. The van der Waals surface area contributed by atoms with Gasteiger partial charge in [-0.2, -0.15) is 12.1 Å². The summed E-state index contributed by atoms with van der Waals surface area (Å²) in [6.45, 7) is 11.9. The molecule has 0 spiro atoms. The van der Waals surface area contributed by atoms with E-state index < -0.39 is 0 Å². The van der Waals surface area contributed by atoms with Crippen molar-refractivity contribution in [1.29, 1.82) is 0 Å². The first-order valence-corrected chi connectivity index (χ1v) is 19.8. The van der Waals surface area contributed by atoms with Gasteiger partial charge in [0.2, 0.25) is 0 Å². The third-order valence-corrected chi connectivity index (χ3v) is 8.98. The summed E-state index contributed by atoms with van der Waals surface area (Å²) in [6.07, 6.45) is 1.09. The molecule has 8 aromatic rings. The Kier molecular flexibility index (Phi) is 16.0. The van der Waals surface area contributed by atoms with E-state index in [1.165, 1.54) is 111 Å². The average Bonchev–Trinajstić information content (AvgIpc) is 3.71. The van der Waals surface area contributed by atoms with Crippen LogP contribution in [0.5, 0.6) is 0 Å². The summed E-state index contributed by atoms with van der Waals surface area (Å²) in [5.41, 5.74) is 10.8. The molecule has 49 heavy (non-hydrogen) atoms. The van der Waals surface area contributed by atoms with Gasteiger partial charge in [0, 0.05) is 0 Å². The standard InChI is InChI=1S/C22H19.C21H17.2CH3.2ClH.Si.Zr/c1-3-16-13-21-15(2)11-12-20(22(21)14-16)19-10-6-8-17-7-4-5-9-18(17)19;1-14-12-20-15(2)10-11-19(21(20)13-14)18-9-5-7-16-6-3-4-8-17(16)18;;;;;;/h4-14H,3H2,1-2H3;3-13H,1-2H3;2*1H3;2*1H;;/q4*-1;;;;. The molecule has 0 aliphatic heterocycles. The van der Waals surface area contributed by atoms with Crippen LogP contribution in [0.25, 0.3) is 65.3 Å². The van der Waals surface area contributed by atoms with E-state index in [-0.39, 0.29) is 39.7 Å². The van der Waals surface area contributed by atoms with Crippen molar-refractivity contribution in [3.8, 4) is 22.3 Å². The van der Waals surface area contributed by atoms with E-state index in [1.54, 1.807) is 0 Å². The first-order chi connectivity index (χ1) is 22.0. The second kappa shape index (κ2) is 18.7. The molecule has 0 aliphatic rings. The molecule has 0 aliphatic carbocycles. The van der Waals surface area contributed by atoms with Crippen LogP contribution >= 0.6 is 24.8 Å². The van der Waals surface area contributed by atoms with Gasteiger partial charge in [0.1, 0.15) is 0 Å². The fourth-order valence-corrected chi connectivity index (χ4v) is 6.69. The normalized spacial score (nSPS) is 10.0. The fourth-order valence-electron chi connectivity index (χ4n) is 6.69. The van der Waals surface area contributed by atoms with E-state index >= 15 is 0 Å². The van der Waals surface area contributed by atoms with Crippen molar-refractivity contribution in [3.05, 3.63) is 171 Å². The van der Waals surface area contributed by atoms with Crippen molar-refractivity contribution in [3.63, 3.8) is 0 Å². The molecule has 0 atom stereocenters. The van der Waals surface area contributed by atoms with Crippen molar-refractivity contribution >= 4 is 74.8 Å². The number of aryl methyl sites for hydroxylation is 4. The number of rotatable bonds is 3. The van der Waals surface area contributed by atoms with Crippen LogP contribution in [-0.2, 0) is 29.8 Å². The van der Waals surface area contributed by atoms with E-state index in [1.807, 2.05) is 0 Å². The van der Waals surface area contributed by atoms with Gasteiger partial charge in [-0.25, -0.2) is 0 Å². The summed E-state index contributed by atoms with van der Waals surface area (Å²) in [6, 6.07) is 48.7. The van der Waals surface area contributed by atoms with Crippen molar-refractivity contribution in [2.24, 2.45) is 0 Å². The Morgan fingerprint density at radius 2 is 0.898 bits per heavy atom. The van der Waals surface area contributed by atoms with E-state index in [0.29, 0.717) is 0 Å². The summed E-state index contributed by atoms with van der Waals surface area (Å²) in [4.78, 5) is 0. The molecule has 4 heteroatoms. The zero-order valence-electron chi connectivity index (χ0n) is 29.2. The fraction of sp³-hybridized carbons (Fsp3) is 0.111. The van der Waals surface area contributed by atoms with E-state index in [0.717, 1.165) is 6.42 Å². The van der Waals surface area contributed by atoms with Crippen LogP contribution in [0.2, 0.25) is 0 Å². The van der Waals surface area contributed by atoms with Crippen molar-refractivity contribution in [1.82, 2.24) is 0 Å². The predicted molar refractivity (Wildman–Crippen MR) is 222 cm³/mol. The zero-order chi connectivity index (χ0) is 31.5. The Morgan fingerprint density at radius 1 is 0.490 bits per heavy atom. The van der Waals surface area contributed by atoms with Crippen molar-refractivity contribution in [2.75, 3.05) is 0 Å². The van der Waals surface area contributed by atoms with Gasteiger partial charge in [0.15, 0.2) is 0 Å². The second-order valence-corrected chi connectivity index (χ2v) is 11.8. The van der Waals surface area contributed by atoms with Crippen LogP contribution in [0.3, 0.4) is 0 Å². The molecule has 0 saturated heterocycles. The average molecular weight is 775 g/mol. The van der Waals surface area contributed by atoms with Gasteiger partial charge in [-0.05, 0) is 39.1 Å². The van der Waals surface area contributed by atoms with Crippen LogP contribution in [0.15, 0.2) is 133 Å². The monoisotopic (exact) mass is 772 g/mol. The van der Waals surface area contributed by atoms with E-state index in [4.69, 9.17) is 0 Å². The Balaban J connectivity index is 0.000000301. The summed E-state index contributed by atoms with van der Waals surface area (Å²) in [7, 11) is 0. The Bertz CT molecular complexity index is 2280. The molecular weight excluding hydrogens is 731 g/mol. The molecule has 0 unspecified atom stereocenters. The Hall–Kier alpha value is -3.26. The van der Waals surface area contributed by atoms with Crippen LogP contribution in [-0.4, -0.2) is 6.88 Å². The third-order valence-electron chi connectivity index (χ3n) is 8.98. The number of halogens is 2. The van der Waals surface area contributed by atoms with E-state index in [2.05, 4.69) is 168 Å². The third kappa shape index (κ3) is 8.38. The van der Waals surface area contributed by atoms with Crippen LogP contribution < -0.4 is 0 Å². The molecule has 250 valence electrons. The van der Waals surface area contributed by atoms with Gasteiger partial charge in [0.05, 0.1) is 0 Å². The van der Waals surface area contributed by atoms with Crippen molar-refractivity contribution in [2.45, 2.75) is 34.1 Å². The molecule has 8 aromatic carbocycles. The van der Waals surface area contributed by atoms with Gasteiger partial charge in [0.25, 0.3) is 0 Å². The SMILES string of the molecule is CCc1cc2c(-c3cccc4ccccc34)ccc(C)c2[cH-]1.Cc1cc2c(-c3cccc4ccccc34)ccc(C)c2[cH-]1.Cl.Cl.[CH3-].[CH3-].[Si]=[Zr]. The quantitative estimate of drug-likeness (QED) is 0.124. The van der Waals surface area contributed by atoms with Gasteiger partial charge >= 0.3 is 30.2 Å². The predicted octanol–water partition coefficient (Wildman–Crippen LogP) is 13.6. The molecule has 2 radical (unpaired) electrons. The van der Waals surface area contributed by atoms with Crippen LogP contribution in [0.4, 0.5) is 0 Å². The molecule has 0 aromatic heterocycles. The number of benzene rings is 6. The summed E-state index contributed by atoms with van der Waals surface area (Å²) in [5, 5.41) is 10.8. The minimum atomic E-state index is 0. The molecule has 0 heterocycles. The molecule has 0 fully saturated rings. The minimum absolute atomic E-state index is 0. The zero-order valence-corrected chi connectivity index (χ0v) is 34.3. The molecule has 0 saturated carbocycles. The van der Waals surface area contributed by atoms with Gasteiger partial charge in [-0.15, -0.1) is 92.9 Å². The molecule has 8 rings (SSSR count). The molecular formula is C45H44Cl2SiZr-4. The molecule has 0 bridgehead atoms.